The van der Waals surface area contributed by atoms with Crippen LogP contribution in [-0.4, -0.2) is 44.3 Å². The molecule has 2 N–H and O–H groups in total. The highest BCUT2D eigenvalue weighted by atomic mass is 19.1. The molecule has 30 heavy (non-hydrogen) atoms. The number of benzene rings is 1. The lowest BCUT2D eigenvalue weighted by Gasteiger charge is -2.14. The zero-order valence-electron chi connectivity index (χ0n) is 16.2. The topological polar surface area (TPSA) is 92.1 Å². The van der Waals surface area contributed by atoms with Gasteiger partial charge in [0.25, 0.3) is 5.91 Å². The van der Waals surface area contributed by atoms with Gasteiger partial charge in [0.05, 0.1) is 6.33 Å². The Morgan fingerprint density at radius 1 is 1.23 bits per heavy atom. The Labute approximate surface area is 172 Å². The molecule has 1 aliphatic heterocycles. The SMILES string of the molecule is O=C(CN1Cc2ccc(Nc3cccc(F)c3)nc2C1=O)NCCCn1ccnc1. The predicted molar refractivity (Wildman–Crippen MR) is 109 cm³/mol. The first kappa shape index (κ1) is 19.6. The van der Waals surface area contributed by atoms with Gasteiger partial charge in [-0.05, 0) is 30.7 Å². The number of hydrogen-bond donors (Lipinski definition) is 2. The minimum absolute atomic E-state index is 0.0209. The minimum Gasteiger partial charge on any atom is -0.354 e. The number of amides is 2. The normalized spacial score (nSPS) is 12.7. The lowest BCUT2D eigenvalue weighted by atomic mass is 10.2. The quantitative estimate of drug-likeness (QED) is 0.558. The number of halogens is 1. The number of hydrogen-bond acceptors (Lipinski definition) is 5. The van der Waals surface area contributed by atoms with E-state index in [1.807, 2.05) is 10.8 Å². The summed E-state index contributed by atoms with van der Waals surface area (Å²) in [6.07, 6.45) is 6.08. The van der Waals surface area contributed by atoms with Crippen molar-refractivity contribution < 1.29 is 14.0 Å². The Bertz CT molecular complexity index is 1050. The van der Waals surface area contributed by atoms with Crippen molar-refractivity contribution in [3.05, 3.63) is 72.2 Å². The van der Waals surface area contributed by atoms with Crippen LogP contribution in [0, 0.1) is 5.82 Å². The number of nitrogens with one attached hydrogen (secondary N) is 2. The average molecular weight is 408 g/mol. The fraction of sp³-hybridized carbons (Fsp3) is 0.238. The van der Waals surface area contributed by atoms with Crippen LogP contribution in [0.25, 0.3) is 0 Å². The zero-order valence-corrected chi connectivity index (χ0v) is 16.2. The number of nitrogens with zero attached hydrogens (tertiary/aromatic N) is 4. The fourth-order valence-electron chi connectivity index (χ4n) is 3.28. The van der Waals surface area contributed by atoms with Gasteiger partial charge in [-0.1, -0.05) is 12.1 Å². The molecule has 1 aromatic carbocycles. The van der Waals surface area contributed by atoms with E-state index in [2.05, 4.69) is 20.6 Å². The van der Waals surface area contributed by atoms with Crippen molar-refractivity contribution in [3.63, 3.8) is 0 Å². The Morgan fingerprint density at radius 3 is 2.93 bits per heavy atom. The van der Waals surface area contributed by atoms with Gasteiger partial charge < -0.3 is 20.1 Å². The minimum atomic E-state index is -0.362. The number of rotatable bonds is 8. The molecule has 3 heterocycles. The molecule has 0 spiro atoms. The van der Waals surface area contributed by atoms with E-state index in [4.69, 9.17) is 0 Å². The number of carbonyl (C=O) groups excluding carboxylic acids is 2. The number of pyridine rings is 1. The van der Waals surface area contributed by atoms with E-state index in [0.717, 1.165) is 18.5 Å². The van der Waals surface area contributed by atoms with E-state index < -0.39 is 0 Å². The van der Waals surface area contributed by atoms with Gasteiger partial charge in [0, 0.05) is 43.3 Å². The van der Waals surface area contributed by atoms with Crippen molar-refractivity contribution >= 4 is 23.3 Å². The highest BCUT2D eigenvalue weighted by molar-refractivity contribution is 5.99. The number of anilines is 2. The molecule has 0 saturated carbocycles. The van der Waals surface area contributed by atoms with E-state index in [1.54, 1.807) is 36.8 Å². The highest BCUT2D eigenvalue weighted by Gasteiger charge is 2.30. The van der Waals surface area contributed by atoms with Crippen molar-refractivity contribution in [2.24, 2.45) is 0 Å². The van der Waals surface area contributed by atoms with Crippen LogP contribution in [0.5, 0.6) is 0 Å². The van der Waals surface area contributed by atoms with Gasteiger partial charge in [-0.3, -0.25) is 9.59 Å². The third-order valence-corrected chi connectivity index (χ3v) is 4.74. The van der Waals surface area contributed by atoms with E-state index >= 15 is 0 Å². The van der Waals surface area contributed by atoms with Crippen LogP contribution in [-0.2, 0) is 17.9 Å². The van der Waals surface area contributed by atoms with Crippen molar-refractivity contribution in [1.29, 1.82) is 0 Å². The number of carbonyl (C=O) groups is 2. The molecule has 1 aliphatic rings. The van der Waals surface area contributed by atoms with Crippen LogP contribution < -0.4 is 10.6 Å². The van der Waals surface area contributed by atoms with E-state index in [0.29, 0.717) is 30.3 Å². The van der Waals surface area contributed by atoms with Crippen molar-refractivity contribution in [1.82, 2.24) is 24.8 Å². The Hall–Kier alpha value is -3.75. The Morgan fingerprint density at radius 2 is 2.13 bits per heavy atom. The van der Waals surface area contributed by atoms with Crippen molar-refractivity contribution in [2.75, 3.05) is 18.4 Å². The van der Waals surface area contributed by atoms with Crippen molar-refractivity contribution in [3.8, 4) is 0 Å². The molecular weight excluding hydrogens is 387 g/mol. The van der Waals surface area contributed by atoms with Crippen LogP contribution in [0.15, 0.2) is 55.1 Å². The summed E-state index contributed by atoms with van der Waals surface area (Å²) < 4.78 is 15.3. The molecule has 0 fully saturated rings. The Balaban J connectivity index is 1.30. The Kier molecular flexibility index (Phi) is 5.69. The molecule has 8 nitrogen and oxygen atoms in total. The van der Waals surface area contributed by atoms with Crippen LogP contribution in [0.1, 0.15) is 22.5 Å². The molecule has 0 saturated heterocycles. The maximum absolute atomic E-state index is 13.3. The fourth-order valence-corrected chi connectivity index (χ4v) is 3.28. The van der Waals surface area contributed by atoms with Gasteiger partial charge >= 0.3 is 0 Å². The summed E-state index contributed by atoms with van der Waals surface area (Å²) >= 11 is 0. The zero-order chi connectivity index (χ0) is 20.9. The number of imidazole rings is 1. The molecular formula is C21H21FN6O2. The third kappa shape index (κ3) is 4.62. The van der Waals surface area contributed by atoms with E-state index in [9.17, 15) is 14.0 Å². The predicted octanol–water partition coefficient (Wildman–Crippen LogP) is 2.32. The summed E-state index contributed by atoms with van der Waals surface area (Å²) in [7, 11) is 0. The second-order valence-electron chi connectivity index (χ2n) is 7.00. The van der Waals surface area contributed by atoms with Gasteiger partial charge in [0.1, 0.15) is 23.9 Å². The van der Waals surface area contributed by atoms with Crippen LogP contribution in [0.3, 0.4) is 0 Å². The smallest absolute Gasteiger partial charge is 0.273 e. The molecule has 9 heteroatoms. The summed E-state index contributed by atoms with van der Waals surface area (Å²) in [6.45, 7) is 1.60. The molecule has 0 atom stereocenters. The van der Waals surface area contributed by atoms with E-state index in [1.165, 1.54) is 17.0 Å². The summed E-state index contributed by atoms with van der Waals surface area (Å²) in [5, 5.41) is 5.82. The molecule has 2 amide bonds. The number of fused-ring (bicyclic) bond motifs is 1. The van der Waals surface area contributed by atoms with Gasteiger partial charge in [0.2, 0.25) is 5.91 Å². The molecule has 4 rings (SSSR count). The highest BCUT2D eigenvalue weighted by Crippen LogP contribution is 2.24. The van der Waals surface area contributed by atoms with Crippen LogP contribution in [0.4, 0.5) is 15.9 Å². The van der Waals surface area contributed by atoms with Crippen LogP contribution >= 0.6 is 0 Å². The van der Waals surface area contributed by atoms with E-state index in [-0.39, 0.29) is 24.2 Å². The third-order valence-electron chi connectivity index (χ3n) is 4.74. The monoisotopic (exact) mass is 408 g/mol. The van der Waals surface area contributed by atoms with Gasteiger partial charge in [0.15, 0.2) is 0 Å². The first-order valence-corrected chi connectivity index (χ1v) is 9.63. The molecule has 0 unspecified atom stereocenters. The molecule has 3 aromatic rings. The molecule has 154 valence electrons. The lowest BCUT2D eigenvalue weighted by Crippen LogP contribution is -2.38. The molecule has 0 radical (unpaired) electrons. The molecule has 0 aliphatic carbocycles. The molecule has 2 aromatic heterocycles. The van der Waals surface area contributed by atoms with Gasteiger partial charge in [-0.25, -0.2) is 14.4 Å². The number of aromatic nitrogens is 3. The maximum atomic E-state index is 13.3. The largest absolute Gasteiger partial charge is 0.354 e. The summed E-state index contributed by atoms with van der Waals surface area (Å²) in [5.74, 6) is -0.417. The summed E-state index contributed by atoms with van der Waals surface area (Å²) in [5.41, 5.74) is 1.61. The van der Waals surface area contributed by atoms with Gasteiger partial charge in [-0.2, -0.15) is 0 Å². The maximum Gasteiger partial charge on any atom is 0.273 e. The van der Waals surface area contributed by atoms with Crippen molar-refractivity contribution in [2.45, 2.75) is 19.5 Å². The van der Waals surface area contributed by atoms with Gasteiger partial charge in [-0.15, -0.1) is 0 Å². The second-order valence-corrected chi connectivity index (χ2v) is 7.00. The molecule has 0 bridgehead atoms. The number of aryl methyl sites for hydroxylation is 1. The lowest BCUT2D eigenvalue weighted by molar-refractivity contribution is -0.121. The summed E-state index contributed by atoms with van der Waals surface area (Å²) in [6, 6.07) is 9.53. The first-order valence-electron chi connectivity index (χ1n) is 9.63. The average Bonchev–Trinajstić information content (AvgIpc) is 3.34. The second kappa shape index (κ2) is 8.73. The van der Waals surface area contributed by atoms with Crippen LogP contribution in [0.2, 0.25) is 0 Å². The standard InChI is InChI=1S/C21H21FN6O2/c22-16-3-1-4-17(11-16)25-18-6-5-15-12-28(21(30)20(15)26-18)13-19(29)24-7-2-9-27-10-8-23-14-27/h1,3-6,8,10-11,14H,2,7,9,12-13H2,(H,24,29)(H,25,26). The summed E-state index contributed by atoms with van der Waals surface area (Å²) in [4.78, 5) is 34.7. The first-order chi connectivity index (χ1) is 14.6.